The van der Waals surface area contributed by atoms with E-state index in [4.69, 9.17) is 0 Å². The number of benzene rings is 1. The topological polar surface area (TPSA) is 54.0 Å². The molecule has 0 unspecified atom stereocenters. The van der Waals surface area contributed by atoms with Gasteiger partial charge in [0.1, 0.15) is 5.69 Å². The second kappa shape index (κ2) is 11.4. The zero-order valence-corrected chi connectivity index (χ0v) is 16.6. The van der Waals surface area contributed by atoms with Crippen molar-refractivity contribution in [2.45, 2.75) is 33.7 Å². The molecule has 0 saturated heterocycles. The summed E-state index contributed by atoms with van der Waals surface area (Å²) in [6.07, 6.45) is 0.912. The average molecular weight is 390 g/mol. The molecule has 1 heterocycles. The van der Waals surface area contributed by atoms with Crippen molar-refractivity contribution in [3.8, 4) is 0 Å². The molecule has 0 aliphatic carbocycles. The van der Waals surface area contributed by atoms with Gasteiger partial charge in [-0.2, -0.15) is 0 Å². The number of carbonyl (C=O) groups excluding carboxylic acids is 1. The lowest BCUT2D eigenvalue weighted by Crippen LogP contribution is -2.17. The highest BCUT2D eigenvalue weighted by Gasteiger charge is 2.13. The van der Waals surface area contributed by atoms with Gasteiger partial charge in [0.25, 0.3) is 5.91 Å². The van der Waals surface area contributed by atoms with E-state index in [1.165, 1.54) is 0 Å². The van der Waals surface area contributed by atoms with Crippen LogP contribution >= 0.6 is 36.2 Å². The van der Waals surface area contributed by atoms with Crippen LogP contribution in [0.5, 0.6) is 0 Å². The van der Waals surface area contributed by atoms with Crippen LogP contribution in [-0.4, -0.2) is 17.4 Å². The predicted octanol–water partition coefficient (Wildman–Crippen LogP) is 4.55. The molecule has 0 aliphatic heterocycles. The number of thiazole rings is 1. The molecule has 1 aromatic carbocycles. The van der Waals surface area contributed by atoms with E-state index in [1.807, 2.05) is 29.6 Å². The Hall–Kier alpha value is -1.14. The lowest BCUT2D eigenvalue weighted by molar-refractivity contribution is 0.102. The van der Waals surface area contributed by atoms with Crippen LogP contribution in [-0.2, 0) is 13.0 Å². The van der Waals surface area contributed by atoms with Crippen molar-refractivity contribution in [3.63, 3.8) is 0 Å². The second-order valence-electron chi connectivity index (χ2n) is 5.62. The Bertz CT molecular complexity index is 632. The van der Waals surface area contributed by atoms with E-state index in [9.17, 15) is 4.79 Å². The molecule has 24 heavy (non-hydrogen) atoms. The molecular weight excluding hydrogens is 365 g/mol. The van der Waals surface area contributed by atoms with Crippen molar-refractivity contribution >= 4 is 47.7 Å². The number of anilines is 1. The van der Waals surface area contributed by atoms with Crippen molar-refractivity contribution in [3.05, 3.63) is 45.9 Å². The van der Waals surface area contributed by atoms with Crippen LogP contribution in [0, 0.1) is 5.92 Å². The Morgan fingerprint density at radius 3 is 2.62 bits per heavy atom. The molecule has 134 valence electrons. The Morgan fingerprint density at radius 2 is 1.96 bits per heavy atom. The molecular formula is C17H25Cl2N3OS. The molecule has 0 atom stereocenters. The van der Waals surface area contributed by atoms with Crippen molar-refractivity contribution in [2.24, 2.45) is 5.92 Å². The number of hydrogen-bond acceptors (Lipinski definition) is 4. The van der Waals surface area contributed by atoms with E-state index in [-0.39, 0.29) is 30.7 Å². The van der Waals surface area contributed by atoms with Gasteiger partial charge in [-0.25, -0.2) is 4.98 Å². The highest BCUT2D eigenvalue weighted by atomic mass is 35.5. The van der Waals surface area contributed by atoms with Crippen LogP contribution in [0.4, 0.5) is 5.69 Å². The van der Waals surface area contributed by atoms with Crippen LogP contribution in [0.15, 0.2) is 29.6 Å². The molecule has 4 nitrogen and oxygen atoms in total. The van der Waals surface area contributed by atoms with Crippen LogP contribution in [0.25, 0.3) is 0 Å². The van der Waals surface area contributed by atoms with Gasteiger partial charge in [-0.1, -0.05) is 39.0 Å². The first-order valence-electron chi connectivity index (χ1n) is 7.64. The molecule has 0 aliphatic rings. The van der Waals surface area contributed by atoms with Gasteiger partial charge in [0.05, 0.1) is 5.01 Å². The maximum absolute atomic E-state index is 12.4. The Balaban J connectivity index is 0.00000264. The number of amides is 1. The molecule has 2 N–H and O–H groups in total. The number of nitrogens with one attached hydrogen (secondary N) is 2. The summed E-state index contributed by atoms with van der Waals surface area (Å²) >= 11 is 1.55. The minimum atomic E-state index is -0.143. The summed E-state index contributed by atoms with van der Waals surface area (Å²) in [6.45, 7) is 8.00. The maximum Gasteiger partial charge on any atom is 0.275 e. The van der Waals surface area contributed by atoms with Crippen molar-refractivity contribution in [2.75, 3.05) is 11.9 Å². The largest absolute Gasteiger partial charge is 0.320 e. The lowest BCUT2D eigenvalue weighted by Gasteiger charge is -2.10. The molecule has 1 amide bonds. The van der Waals surface area contributed by atoms with Crippen LogP contribution in [0.2, 0.25) is 0 Å². The zero-order chi connectivity index (χ0) is 15.9. The summed E-state index contributed by atoms with van der Waals surface area (Å²) in [5, 5.41) is 9.09. The summed E-state index contributed by atoms with van der Waals surface area (Å²) in [5.74, 6) is 0.401. The predicted molar refractivity (Wildman–Crippen MR) is 107 cm³/mol. The summed E-state index contributed by atoms with van der Waals surface area (Å²) < 4.78 is 0. The first-order valence-corrected chi connectivity index (χ1v) is 8.52. The summed E-state index contributed by atoms with van der Waals surface area (Å²) in [5.41, 5.74) is 2.42. The standard InChI is InChI=1S/C17H23N3OS.2ClH/c1-4-18-10-13-7-5-6-8-14(13)20-17(21)15-11-22-16(19-15)9-12(2)3;;/h5-8,11-12,18H,4,9-10H2,1-3H3,(H,20,21);2*1H. The number of hydrogen-bond donors (Lipinski definition) is 2. The first-order chi connectivity index (χ1) is 10.6. The third-order valence-corrected chi connectivity index (χ3v) is 4.07. The molecule has 0 radical (unpaired) electrons. The van der Waals surface area contributed by atoms with E-state index in [0.29, 0.717) is 11.6 Å². The molecule has 0 spiro atoms. The lowest BCUT2D eigenvalue weighted by atomic mass is 10.1. The zero-order valence-electron chi connectivity index (χ0n) is 14.2. The van der Waals surface area contributed by atoms with E-state index in [0.717, 1.165) is 35.8 Å². The minimum absolute atomic E-state index is 0. The van der Waals surface area contributed by atoms with Gasteiger partial charge in [0, 0.05) is 24.0 Å². The summed E-state index contributed by atoms with van der Waals surface area (Å²) in [4.78, 5) is 16.8. The maximum atomic E-state index is 12.4. The summed E-state index contributed by atoms with van der Waals surface area (Å²) in [6, 6.07) is 7.84. The smallest absolute Gasteiger partial charge is 0.275 e. The normalized spacial score (nSPS) is 10.0. The molecule has 0 saturated carbocycles. The number of para-hydroxylation sites is 1. The first kappa shape index (κ1) is 22.9. The minimum Gasteiger partial charge on any atom is -0.320 e. The molecule has 0 bridgehead atoms. The van der Waals surface area contributed by atoms with E-state index in [1.54, 1.807) is 11.3 Å². The molecule has 2 aromatic rings. The van der Waals surface area contributed by atoms with Crippen molar-refractivity contribution < 1.29 is 4.79 Å². The van der Waals surface area contributed by atoms with E-state index >= 15 is 0 Å². The van der Waals surface area contributed by atoms with Crippen LogP contribution in [0.3, 0.4) is 0 Å². The van der Waals surface area contributed by atoms with Crippen molar-refractivity contribution in [1.82, 2.24) is 10.3 Å². The van der Waals surface area contributed by atoms with Gasteiger partial charge >= 0.3 is 0 Å². The third-order valence-electron chi connectivity index (χ3n) is 3.20. The van der Waals surface area contributed by atoms with Crippen LogP contribution < -0.4 is 10.6 Å². The Morgan fingerprint density at radius 1 is 1.25 bits per heavy atom. The van der Waals surface area contributed by atoms with Crippen LogP contribution in [0.1, 0.15) is 41.8 Å². The molecule has 7 heteroatoms. The SMILES string of the molecule is CCNCc1ccccc1NC(=O)c1csc(CC(C)C)n1.Cl.Cl. The van der Waals surface area contributed by atoms with Gasteiger partial charge in [-0.05, 0) is 24.1 Å². The van der Waals surface area contributed by atoms with Gasteiger partial charge in [0.15, 0.2) is 0 Å². The molecule has 0 fully saturated rings. The van der Waals surface area contributed by atoms with E-state index < -0.39 is 0 Å². The average Bonchev–Trinajstić information content (AvgIpc) is 2.94. The fourth-order valence-electron chi connectivity index (χ4n) is 2.10. The fraction of sp³-hybridized carbons (Fsp3) is 0.412. The highest BCUT2D eigenvalue weighted by molar-refractivity contribution is 7.09. The Labute approximate surface area is 160 Å². The quantitative estimate of drug-likeness (QED) is 0.730. The van der Waals surface area contributed by atoms with Gasteiger partial charge in [0.2, 0.25) is 0 Å². The Kier molecular flexibility index (Phi) is 10.9. The highest BCUT2D eigenvalue weighted by Crippen LogP contribution is 2.18. The van der Waals surface area contributed by atoms with Gasteiger partial charge < -0.3 is 10.6 Å². The number of carbonyl (C=O) groups is 1. The number of nitrogens with zero attached hydrogens (tertiary/aromatic N) is 1. The number of halogens is 2. The number of aromatic nitrogens is 1. The van der Waals surface area contributed by atoms with Crippen molar-refractivity contribution in [1.29, 1.82) is 0 Å². The van der Waals surface area contributed by atoms with Gasteiger partial charge in [-0.15, -0.1) is 36.2 Å². The fourth-order valence-corrected chi connectivity index (χ4v) is 3.09. The van der Waals surface area contributed by atoms with E-state index in [2.05, 4.69) is 36.4 Å². The molecule has 2 rings (SSSR count). The van der Waals surface area contributed by atoms with Gasteiger partial charge in [-0.3, -0.25) is 4.79 Å². The third kappa shape index (κ3) is 6.77. The molecule has 1 aromatic heterocycles. The second-order valence-corrected chi connectivity index (χ2v) is 6.56. The number of rotatable bonds is 7. The monoisotopic (exact) mass is 389 g/mol. The summed E-state index contributed by atoms with van der Waals surface area (Å²) in [7, 11) is 0.